The molecule has 0 bridgehead atoms. The highest BCUT2D eigenvalue weighted by atomic mass is 127. The maximum absolute atomic E-state index is 12.1. The number of hydrogen-bond donors (Lipinski definition) is 2. The molecule has 0 aliphatic rings. The minimum atomic E-state index is -0.772. The fourth-order valence-electron chi connectivity index (χ4n) is 2.07. The smallest absolute Gasteiger partial charge is 0.279 e. The Kier molecular flexibility index (Phi) is 7.26. The Hall–Kier alpha value is -2.29. The topological polar surface area (TPSA) is 76.7 Å². The molecule has 0 saturated heterocycles. The third kappa shape index (κ3) is 5.62. The van der Waals surface area contributed by atoms with Gasteiger partial charge in [-0.2, -0.15) is 0 Å². The van der Waals surface area contributed by atoms with Gasteiger partial charge in [0.05, 0.1) is 6.61 Å². The number of aryl methyl sites for hydroxylation is 1. The van der Waals surface area contributed by atoms with Crippen LogP contribution in [0.4, 0.5) is 0 Å². The lowest BCUT2D eigenvalue weighted by Gasteiger charge is -2.15. The van der Waals surface area contributed by atoms with E-state index in [1.807, 2.05) is 19.9 Å². The molecule has 2 aromatic carbocycles. The fourth-order valence-corrected chi connectivity index (χ4v) is 2.58. The fraction of sp³-hybridized carbons (Fsp3) is 0.263. The van der Waals surface area contributed by atoms with Crippen molar-refractivity contribution in [3.63, 3.8) is 0 Å². The molecule has 0 fully saturated rings. The van der Waals surface area contributed by atoms with Crippen molar-refractivity contribution in [1.29, 1.82) is 0 Å². The Morgan fingerprint density at radius 1 is 1.08 bits per heavy atom. The minimum absolute atomic E-state index is 0.385. The Labute approximate surface area is 166 Å². The van der Waals surface area contributed by atoms with Crippen LogP contribution >= 0.6 is 22.6 Å². The van der Waals surface area contributed by atoms with Gasteiger partial charge in [-0.15, -0.1) is 0 Å². The number of hydrogen-bond acceptors (Lipinski definition) is 4. The van der Waals surface area contributed by atoms with Crippen LogP contribution in [0, 0.1) is 10.5 Å². The SMILES string of the molecule is CCOc1ccc(OC(C)C(=O)NNC(=O)c2ccc(C)c(I)c2)cc1. The molecular weight excluding hydrogens is 447 g/mol. The van der Waals surface area contributed by atoms with E-state index in [1.165, 1.54) is 0 Å². The summed E-state index contributed by atoms with van der Waals surface area (Å²) in [6.45, 7) is 6.05. The molecular formula is C19H21IN2O4. The van der Waals surface area contributed by atoms with Crippen molar-refractivity contribution in [3.05, 3.63) is 57.2 Å². The molecule has 0 aromatic heterocycles. The molecule has 7 heteroatoms. The summed E-state index contributed by atoms with van der Waals surface area (Å²) in [4.78, 5) is 24.2. The molecule has 138 valence electrons. The molecule has 2 rings (SSSR count). The highest BCUT2D eigenvalue weighted by Gasteiger charge is 2.16. The van der Waals surface area contributed by atoms with E-state index in [0.29, 0.717) is 17.9 Å². The number of carbonyl (C=O) groups excluding carboxylic acids is 2. The monoisotopic (exact) mass is 468 g/mol. The molecule has 0 radical (unpaired) electrons. The van der Waals surface area contributed by atoms with Crippen molar-refractivity contribution >= 4 is 34.4 Å². The molecule has 0 spiro atoms. The zero-order valence-electron chi connectivity index (χ0n) is 14.8. The van der Waals surface area contributed by atoms with Crippen LogP contribution in [0.15, 0.2) is 42.5 Å². The largest absolute Gasteiger partial charge is 0.494 e. The van der Waals surface area contributed by atoms with Crippen LogP contribution in [0.2, 0.25) is 0 Å². The highest BCUT2D eigenvalue weighted by Crippen LogP contribution is 2.18. The third-order valence-electron chi connectivity index (χ3n) is 3.55. The minimum Gasteiger partial charge on any atom is -0.494 e. The number of hydrazine groups is 1. The number of halogens is 1. The van der Waals surface area contributed by atoms with Gasteiger partial charge in [0.1, 0.15) is 11.5 Å². The number of carbonyl (C=O) groups is 2. The Balaban J connectivity index is 1.86. The molecule has 2 amide bonds. The van der Waals surface area contributed by atoms with Gasteiger partial charge in [0.25, 0.3) is 11.8 Å². The van der Waals surface area contributed by atoms with E-state index in [9.17, 15) is 9.59 Å². The highest BCUT2D eigenvalue weighted by molar-refractivity contribution is 14.1. The van der Waals surface area contributed by atoms with Gasteiger partial charge in [0.15, 0.2) is 6.10 Å². The van der Waals surface area contributed by atoms with E-state index < -0.39 is 12.0 Å². The summed E-state index contributed by atoms with van der Waals surface area (Å²) >= 11 is 2.16. The van der Waals surface area contributed by atoms with Crippen molar-refractivity contribution < 1.29 is 19.1 Å². The normalized spacial score (nSPS) is 11.4. The summed E-state index contributed by atoms with van der Waals surface area (Å²) in [5.41, 5.74) is 6.33. The first kappa shape index (κ1) is 20.0. The van der Waals surface area contributed by atoms with Gasteiger partial charge >= 0.3 is 0 Å². The number of benzene rings is 2. The Bertz CT molecular complexity index is 778. The van der Waals surface area contributed by atoms with E-state index in [-0.39, 0.29) is 5.91 Å². The zero-order valence-corrected chi connectivity index (χ0v) is 17.0. The van der Waals surface area contributed by atoms with Gasteiger partial charge in [0, 0.05) is 9.13 Å². The van der Waals surface area contributed by atoms with E-state index >= 15 is 0 Å². The lowest BCUT2D eigenvalue weighted by atomic mass is 10.1. The molecule has 2 aromatic rings. The first-order valence-electron chi connectivity index (χ1n) is 8.16. The van der Waals surface area contributed by atoms with E-state index in [0.717, 1.165) is 14.9 Å². The third-order valence-corrected chi connectivity index (χ3v) is 4.71. The average molecular weight is 468 g/mol. The molecule has 26 heavy (non-hydrogen) atoms. The van der Waals surface area contributed by atoms with Gasteiger partial charge < -0.3 is 9.47 Å². The number of rotatable bonds is 6. The molecule has 1 unspecified atom stereocenters. The van der Waals surface area contributed by atoms with Crippen molar-refractivity contribution in [2.45, 2.75) is 26.9 Å². The standard InChI is InChI=1S/C19H21IN2O4/c1-4-25-15-7-9-16(10-8-15)26-13(3)18(23)21-22-19(24)14-6-5-12(2)17(20)11-14/h5-11,13H,4H2,1-3H3,(H,21,23)(H,22,24). The van der Waals surface area contributed by atoms with Crippen LogP contribution in [0.3, 0.4) is 0 Å². The van der Waals surface area contributed by atoms with Crippen LogP contribution in [0.1, 0.15) is 29.8 Å². The number of nitrogens with one attached hydrogen (secondary N) is 2. The Morgan fingerprint density at radius 3 is 2.35 bits per heavy atom. The average Bonchev–Trinajstić information content (AvgIpc) is 2.63. The second kappa shape index (κ2) is 9.42. The predicted octanol–water partition coefficient (Wildman–Crippen LogP) is 3.23. The van der Waals surface area contributed by atoms with Gasteiger partial charge in [-0.25, -0.2) is 0 Å². The maximum atomic E-state index is 12.1. The van der Waals surface area contributed by atoms with Gasteiger partial charge in [-0.05, 0) is 85.3 Å². The first-order valence-corrected chi connectivity index (χ1v) is 9.24. The van der Waals surface area contributed by atoms with Gasteiger partial charge in [-0.1, -0.05) is 6.07 Å². The molecule has 0 saturated carbocycles. The van der Waals surface area contributed by atoms with Crippen LogP contribution in [-0.2, 0) is 4.79 Å². The lowest BCUT2D eigenvalue weighted by molar-refractivity contribution is -0.128. The predicted molar refractivity (Wildman–Crippen MR) is 107 cm³/mol. The van der Waals surface area contributed by atoms with Gasteiger partial charge in [-0.3, -0.25) is 20.4 Å². The summed E-state index contributed by atoms with van der Waals surface area (Å²) in [6, 6.07) is 12.3. The van der Waals surface area contributed by atoms with Gasteiger partial charge in [0.2, 0.25) is 0 Å². The van der Waals surface area contributed by atoms with Crippen LogP contribution in [-0.4, -0.2) is 24.5 Å². The summed E-state index contributed by atoms with van der Waals surface area (Å²) in [7, 11) is 0. The molecule has 2 N–H and O–H groups in total. The maximum Gasteiger partial charge on any atom is 0.279 e. The zero-order chi connectivity index (χ0) is 19.1. The second-order valence-corrected chi connectivity index (χ2v) is 6.73. The summed E-state index contributed by atoms with van der Waals surface area (Å²) in [5.74, 6) is 0.436. The van der Waals surface area contributed by atoms with Crippen molar-refractivity contribution in [1.82, 2.24) is 10.9 Å². The van der Waals surface area contributed by atoms with E-state index in [2.05, 4.69) is 33.4 Å². The second-order valence-electron chi connectivity index (χ2n) is 5.57. The molecule has 0 heterocycles. The molecule has 0 aliphatic carbocycles. The van der Waals surface area contributed by atoms with Crippen molar-refractivity contribution in [2.75, 3.05) is 6.61 Å². The summed E-state index contributed by atoms with van der Waals surface area (Å²) in [5, 5.41) is 0. The number of ether oxygens (including phenoxy) is 2. The van der Waals surface area contributed by atoms with Crippen LogP contribution in [0.5, 0.6) is 11.5 Å². The summed E-state index contributed by atoms with van der Waals surface area (Å²) < 4.78 is 11.9. The van der Waals surface area contributed by atoms with E-state index in [4.69, 9.17) is 9.47 Å². The Morgan fingerprint density at radius 2 is 1.73 bits per heavy atom. The van der Waals surface area contributed by atoms with Crippen molar-refractivity contribution in [2.24, 2.45) is 0 Å². The van der Waals surface area contributed by atoms with Crippen LogP contribution < -0.4 is 20.3 Å². The quantitative estimate of drug-likeness (QED) is 0.505. The van der Waals surface area contributed by atoms with E-state index in [1.54, 1.807) is 43.3 Å². The molecule has 6 nitrogen and oxygen atoms in total. The first-order chi connectivity index (χ1) is 12.4. The lowest BCUT2D eigenvalue weighted by Crippen LogP contribution is -2.47. The van der Waals surface area contributed by atoms with Crippen molar-refractivity contribution in [3.8, 4) is 11.5 Å². The number of amides is 2. The molecule has 0 aliphatic heterocycles. The van der Waals surface area contributed by atoms with Crippen LogP contribution in [0.25, 0.3) is 0 Å². The summed E-state index contributed by atoms with van der Waals surface area (Å²) in [6.07, 6.45) is -0.772. The molecule has 1 atom stereocenters.